The monoisotopic (exact) mass is 224 g/mol. The molecule has 5 heteroatoms. The van der Waals surface area contributed by atoms with Crippen LogP contribution < -0.4 is 5.73 Å². The molecule has 0 aliphatic carbocycles. The highest BCUT2D eigenvalue weighted by Crippen LogP contribution is 2.25. The number of fused-ring (bicyclic) bond motifs is 1. The minimum atomic E-state index is -1.05. The first-order chi connectivity index (χ1) is 7.09. The molecule has 0 fully saturated rings. The lowest BCUT2D eigenvalue weighted by Gasteiger charge is -2.06. The van der Waals surface area contributed by atoms with E-state index in [0.29, 0.717) is 10.6 Å². The number of carboxylic acid groups (broad SMARTS) is 1. The molecule has 0 aliphatic rings. The molecule has 0 aliphatic heterocycles. The Kier molecular flexibility index (Phi) is 2.38. The van der Waals surface area contributed by atoms with Crippen molar-refractivity contribution in [3.05, 3.63) is 35.0 Å². The Balaban J connectivity index is 2.54. The minimum Gasteiger partial charge on any atom is -0.480 e. The Labute approximate surface area is 90.7 Å². The number of carbonyl (C=O) groups is 1. The molecule has 4 nitrogen and oxygen atoms in total. The van der Waals surface area contributed by atoms with E-state index in [1.807, 2.05) is 0 Å². The van der Waals surface area contributed by atoms with Gasteiger partial charge in [0.05, 0.1) is 5.02 Å². The second-order valence-corrected chi connectivity index (χ2v) is 3.66. The van der Waals surface area contributed by atoms with Gasteiger partial charge < -0.3 is 15.8 Å². The summed E-state index contributed by atoms with van der Waals surface area (Å²) in [6.07, 6.45) is 1.66. The maximum Gasteiger partial charge on any atom is 0.325 e. The van der Waals surface area contributed by atoms with E-state index in [9.17, 15) is 4.79 Å². The van der Waals surface area contributed by atoms with E-state index in [1.54, 1.807) is 24.4 Å². The van der Waals surface area contributed by atoms with Gasteiger partial charge in [-0.1, -0.05) is 17.7 Å². The maximum atomic E-state index is 10.7. The maximum absolute atomic E-state index is 10.7. The third kappa shape index (κ3) is 1.69. The number of nitrogens with two attached hydrogens (primary N) is 1. The second kappa shape index (κ2) is 3.56. The number of carboxylic acids is 1. The second-order valence-electron chi connectivity index (χ2n) is 3.26. The average Bonchev–Trinajstić information content (AvgIpc) is 2.59. The molecular weight excluding hydrogens is 216 g/mol. The normalized spacial score (nSPS) is 12.9. The molecule has 0 amide bonds. The van der Waals surface area contributed by atoms with Gasteiger partial charge in [0.2, 0.25) is 0 Å². The number of aromatic amines is 1. The number of hydrogen-bond acceptors (Lipinski definition) is 2. The quantitative estimate of drug-likeness (QED) is 0.729. The number of H-pyrrole nitrogens is 1. The van der Waals surface area contributed by atoms with E-state index in [-0.39, 0.29) is 0 Å². The molecule has 2 aromatic rings. The van der Waals surface area contributed by atoms with Crippen LogP contribution >= 0.6 is 11.6 Å². The van der Waals surface area contributed by atoms with Crippen LogP contribution in [0, 0.1) is 0 Å². The zero-order valence-corrected chi connectivity index (χ0v) is 8.45. The van der Waals surface area contributed by atoms with Crippen molar-refractivity contribution in [2.75, 3.05) is 0 Å². The zero-order valence-electron chi connectivity index (χ0n) is 7.70. The van der Waals surface area contributed by atoms with Crippen molar-refractivity contribution >= 4 is 28.5 Å². The third-order valence-corrected chi connectivity index (χ3v) is 2.59. The first-order valence-electron chi connectivity index (χ1n) is 4.34. The van der Waals surface area contributed by atoms with Gasteiger partial charge in [-0.3, -0.25) is 4.79 Å². The number of benzene rings is 1. The van der Waals surface area contributed by atoms with Gasteiger partial charge in [-0.2, -0.15) is 0 Å². The lowest BCUT2D eigenvalue weighted by atomic mass is 10.1. The smallest absolute Gasteiger partial charge is 0.325 e. The highest BCUT2D eigenvalue weighted by atomic mass is 35.5. The Bertz CT molecular complexity index is 521. The molecule has 0 spiro atoms. The lowest BCUT2D eigenvalue weighted by molar-refractivity contribution is -0.138. The van der Waals surface area contributed by atoms with Crippen LogP contribution in [0.3, 0.4) is 0 Å². The molecular formula is C10H9ClN2O2. The van der Waals surface area contributed by atoms with Crippen molar-refractivity contribution in [1.29, 1.82) is 0 Å². The van der Waals surface area contributed by atoms with Gasteiger partial charge in [0, 0.05) is 17.1 Å². The van der Waals surface area contributed by atoms with Gasteiger partial charge in [-0.05, 0) is 17.7 Å². The van der Waals surface area contributed by atoms with Crippen LogP contribution in [0.25, 0.3) is 10.9 Å². The van der Waals surface area contributed by atoms with Crippen LogP contribution in [-0.4, -0.2) is 16.1 Å². The molecule has 1 heterocycles. The summed E-state index contributed by atoms with van der Waals surface area (Å²) in [5.41, 5.74) is 6.90. The molecule has 2 rings (SSSR count). The molecule has 15 heavy (non-hydrogen) atoms. The Morgan fingerprint density at radius 2 is 2.27 bits per heavy atom. The number of aromatic nitrogens is 1. The first kappa shape index (κ1) is 10.0. The fraction of sp³-hybridized carbons (Fsp3) is 0.100. The summed E-state index contributed by atoms with van der Waals surface area (Å²) in [6.45, 7) is 0. The fourth-order valence-corrected chi connectivity index (χ4v) is 1.65. The zero-order chi connectivity index (χ0) is 11.0. The van der Waals surface area contributed by atoms with Gasteiger partial charge in [-0.25, -0.2) is 0 Å². The predicted octanol–water partition coefficient (Wildman–Crippen LogP) is 1.91. The van der Waals surface area contributed by atoms with Gasteiger partial charge in [0.25, 0.3) is 0 Å². The van der Waals surface area contributed by atoms with Crippen molar-refractivity contribution in [3.8, 4) is 0 Å². The van der Waals surface area contributed by atoms with E-state index in [0.717, 1.165) is 10.9 Å². The molecule has 0 saturated carbocycles. The first-order valence-corrected chi connectivity index (χ1v) is 4.72. The summed E-state index contributed by atoms with van der Waals surface area (Å²) < 4.78 is 0. The number of hydrogen-bond donors (Lipinski definition) is 3. The fourth-order valence-electron chi connectivity index (χ4n) is 1.44. The number of halogens is 1. The highest BCUT2D eigenvalue weighted by molar-refractivity contribution is 6.35. The predicted molar refractivity (Wildman–Crippen MR) is 57.9 cm³/mol. The standard InChI is InChI=1S/C10H9ClN2O2/c11-7-4-13-8-2-1-5(3-6(7)8)9(12)10(14)15/h1-4,9,13H,12H2,(H,14,15). The molecule has 0 radical (unpaired) electrons. The molecule has 78 valence electrons. The van der Waals surface area contributed by atoms with Gasteiger partial charge >= 0.3 is 5.97 Å². The highest BCUT2D eigenvalue weighted by Gasteiger charge is 2.15. The van der Waals surface area contributed by atoms with Crippen LogP contribution in [0.4, 0.5) is 0 Å². The van der Waals surface area contributed by atoms with Crippen LogP contribution in [0.15, 0.2) is 24.4 Å². The molecule has 1 atom stereocenters. The van der Waals surface area contributed by atoms with Crippen LogP contribution in [-0.2, 0) is 4.79 Å². The van der Waals surface area contributed by atoms with Crippen LogP contribution in [0.1, 0.15) is 11.6 Å². The molecule has 1 aromatic carbocycles. The molecule has 0 saturated heterocycles. The molecule has 0 bridgehead atoms. The Morgan fingerprint density at radius 1 is 1.53 bits per heavy atom. The Morgan fingerprint density at radius 3 is 2.93 bits per heavy atom. The topological polar surface area (TPSA) is 79.1 Å². The molecule has 1 unspecified atom stereocenters. The third-order valence-electron chi connectivity index (χ3n) is 2.28. The largest absolute Gasteiger partial charge is 0.480 e. The van der Waals surface area contributed by atoms with Gasteiger partial charge in [0.1, 0.15) is 6.04 Å². The van der Waals surface area contributed by atoms with Crippen molar-refractivity contribution in [2.45, 2.75) is 6.04 Å². The summed E-state index contributed by atoms with van der Waals surface area (Å²) >= 11 is 5.91. The SMILES string of the molecule is NC(C(=O)O)c1ccc2[nH]cc(Cl)c2c1. The van der Waals surface area contributed by atoms with Crippen molar-refractivity contribution < 1.29 is 9.90 Å². The van der Waals surface area contributed by atoms with Crippen molar-refractivity contribution in [2.24, 2.45) is 5.73 Å². The van der Waals surface area contributed by atoms with E-state index >= 15 is 0 Å². The van der Waals surface area contributed by atoms with Crippen molar-refractivity contribution in [3.63, 3.8) is 0 Å². The van der Waals surface area contributed by atoms with Crippen LogP contribution in [0.2, 0.25) is 5.02 Å². The minimum absolute atomic E-state index is 0.538. The molecule has 1 aromatic heterocycles. The average molecular weight is 225 g/mol. The summed E-state index contributed by atoms with van der Waals surface area (Å²) in [5.74, 6) is -1.05. The number of rotatable bonds is 2. The lowest BCUT2D eigenvalue weighted by Crippen LogP contribution is -2.20. The number of aliphatic carboxylic acids is 1. The van der Waals surface area contributed by atoms with E-state index in [4.69, 9.17) is 22.4 Å². The van der Waals surface area contributed by atoms with Gasteiger partial charge in [0.15, 0.2) is 0 Å². The summed E-state index contributed by atoms with van der Waals surface area (Å²) in [6, 6.07) is 4.11. The van der Waals surface area contributed by atoms with E-state index in [2.05, 4.69) is 4.98 Å². The summed E-state index contributed by atoms with van der Waals surface area (Å²) in [4.78, 5) is 13.7. The van der Waals surface area contributed by atoms with Crippen molar-refractivity contribution in [1.82, 2.24) is 4.98 Å². The van der Waals surface area contributed by atoms with Crippen LogP contribution in [0.5, 0.6) is 0 Å². The van der Waals surface area contributed by atoms with Gasteiger partial charge in [-0.15, -0.1) is 0 Å². The summed E-state index contributed by atoms with van der Waals surface area (Å²) in [7, 11) is 0. The summed E-state index contributed by atoms with van der Waals surface area (Å²) in [5, 5.41) is 10.1. The Hall–Kier alpha value is -1.52. The molecule has 4 N–H and O–H groups in total. The number of nitrogens with one attached hydrogen (secondary N) is 1. The van der Waals surface area contributed by atoms with E-state index in [1.165, 1.54) is 0 Å². The van der Waals surface area contributed by atoms with E-state index < -0.39 is 12.0 Å².